The largest absolute Gasteiger partial charge is 0.496 e. The SMILES string of the molecule is COc1ccc(NC(=O)N(C)C)cc1C(O)(c1ccccc1)c1ccccc1. The van der Waals surface area contributed by atoms with Crippen LogP contribution >= 0.6 is 0 Å². The molecule has 0 aliphatic carbocycles. The van der Waals surface area contributed by atoms with Crippen molar-refractivity contribution in [3.8, 4) is 5.75 Å². The van der Waals surface area contributed by atoms with Crippen molar-refractivity contribution in [2.45, 2.75) is 5.60 Å². The molecule has 2 amide bonds. The Balaban J connectivity index is 2.21. The summed E-state index contributed by atoms with van der Waals surface area (Å²) in [4.78, 5) is 13.5. The molecule has 0 spiro atoms. The predicted octanol–water partition coefficient (Wildman–Crippen LogP) is 4.07. The zero-order valence-corrected chi connectivity index (χ0v) is 16.2. The third kappa shape index (κ3) is 3.70. The molecule has 0 atom stereocenters. The maximum Gasteiger partial charge on any atom is 0.321 e. The average Bonchev–Trinajstić information content (AvgIpc) is 2.74. The van der Waals surface area contributed by atoms with Gasteiger partial charge in [0.05, 0.1) is 7.11 Å². The number of aliphatic hydroxyl groups is 1. The van der Waals surface area contributed by atoms with Crippen LogP contribution in [0, 0.1) is 0 Å². The van der Waals surface area contributed by atoms with E-state index in [1.165, 1.54) is 4.90 Å². The van der Waals surface area contributed by atoms with Crippen LogP contribution in [0.2, 0.25) is 0 Å². The maximum atomic E-state index is 12.1. The van der Waals surface area contributed by atoms with Gasteiger partial charge in [-0.15, -0.1) is 0 Å². The van der Waals surface area contributed by atoms with Gasteiger partial charge < -0.3 is 20.1 Å². The fraction of sp³-hybridized carbons (Fsp3) is 0.174. The second kappa shape index (κ2) is 8.15. The quantitative estimate of drug-likeness (QED) is 0.660. The van der Waals surface area contributed by atoms with Gasteiger partial charge in [-0.25, -0.2) is 4.79 Å². The minimum Gasteiger partial charge on any atom is -0.496 e. The highest BCUT2D eigenvalue weighted by Crippen LogP contribution is 2.42. The first-order chi connectivity index (χ1) is 13.5. The Labute approximate surface area is 165 Å². The number of benzene rings is 3. The van der Waals surface area contributed by atoms with Crippen LogP contribution < -0.4 is 10.1 Å². The van der Waals surface area contributed by atoms with Crippen LogP contribution in [-0.2, 0) is 5.60 Å². The summed E-state index contributed by atoms with van der Waals surface area (Å²) in [5.74, 6) is 0.526. The number of carbonyl (C=O) groups excluding carboxylic acids is 1. The van der Waals surface area contributed by atoms with E-state index in [0.29, 0.717) is 28.1 Å². The molecule has 0 aliphatic rings. The molecule has 28 heavy (non-hydrogen) atoms. The summed E-state index contributed by atoms with van der Waals surface area (Å²) in [7, 11) is 4.90. The molecule has 3 aromatic rings. The van der Waals surface area contributed by atoms with Crippen molar-refractivity contribution in [2.24, 2.45) is 0 Å². The van der Waals surface area contributed by atoms with Crippen molar-refractivity contribution in [1.82, 2.24) is 4.90 Å². The van der Waals surface area contributed by atoms with Crippen LogP contribution in [0.25, 0.3) is 0 Å². The van der Waals surface area contributed by atoms with E-state index in [0.717, 1.165) is 0 Å². The molecule has 0 saturated carbocycles. The molecule has 5 heteroatoms. The Hall–Kier alpha value is -3.31. The topological polar surface area (TPSA) is 61.8 Å². The highest BCUT2D eigenvalue weighted by Gasteiger charge is 2.36. The number of hydrogen-bond acceptors (Lipinski definition) is 3. The van der Waals surface area contributed by atoms with E-state index in [1.54, 1.807) is 39.4 Å². The lowest BCUT2D eigenvalue weighted by molar-refractivity contribution is 0.122. The first kappa shape index (κ1) is 19.5. The van der Waals surface area contributed by atoms with Crippen LogP contribution in [0.1, 0.15) is 16.7 Å². The molecule has 5 nitrogen and oxygen atoms in total. The molecule has 0 fully saturated rings. The highest BCUT2D eigenvalue weighted by molar-refractivity contribution is 5.89. The molecule has 0 radical (unpaired) electrons. The van der Waals surface area contributed by atoms with Gasteiger partial charge in [-0.1, -0.05) is 60.7 Å². The van der Waals surface area contributed by atoms with Gasteiger partial charge in [-0.3, -0.25) is 0 Å². The number of nitrogens with one attached hydrogen (secondary N) is 1. The lowest BCUT2D eigenvalue weighted by Gasteiger charge is -2.31. The van der Waals surface area contributed by atoms with Crippen molar-refractivity contribution >= 4 is 11.7 Å². The Morgan fingerprint density at radius 2 is 1.46 bits per heavy atom. The number of nitrogens with zero attached hydrogens (tertiary/aromatic N) is 1. The second-order valence-electron chi connectivity index (χ2n) is 6.68. The normalized spacial score (nSPS) is 11.0. The van der Waals surface area contributed by atoms with Crippen LogP contribution in [0.3, 0.4) is 0 Å². The van der Waals surface area contributed by atoms with Gasteiger partial charge in [-0.05, 0) is 29.3 Å². The van der Waals surface area contributed by atoms with Gasteiger partial charge in [0.2, 0.25) is 0 Å². The molecule has 0 aliphatic heterocycles. The Morgan fingerprint density at radius 1 is 0.929 bits per heavy atom. The standard InChI is InChI=1S/C23H24N2O3/c1-25(2)22(26)24-19-14-15-21(28-3)20(16-19)23(27,17-10-6-4-7-11-17)18-12-8-5-9-13-18/h4-16,27H,1-3H3,(H,24,26). The third-order valence-electron chi connectivity index (χ3n) is 4.63. The average molecular weight is 376 g/mol. The van der Waals surface area contributed by atoms with Gasteiger partial charge in [0, 0.05) is 25.3 Å². The first-order valence-electron chi connectivity index (χ1n) is 8.97. The fourth-order valence-corrected chi connectivity index (χ4v) is 3.14. The van der Waals surface area contributed by atoms with Crippen molar-refractivity contribution in [1.29, 1.82) is 0 Å². The van der Waals surface area contributed by atoms with Crippen LogP contribution in [0.15, 0.2) is 78.9 Å². The van der Waals surface area contributed by atoms with Crippen LogP contribution in [0.4, 0.5) is 10.5 Å². The number of methoxy groups -OCH3 is 1. The summed E-state index contributed by atoms with van der Waals surface area (Å²) in [5, 5.41) is 14.8. The lowest BCUT2D eigenvalue weighted by Crippen LogP contribution is -2.30. The monoisotopic (exact) mass is 376 g/mol. The summed E-state index contributed by atoms with van der Waals surface area (Å²) in [6, 6.07) is 23.8. The van der Waals surface area contributed by atoms with E-state index in [2.05, 4.69) is 5.32 Å². The number of ether oxygens (including phenoxy) is 1. The third-order valence-corrected chi connectivity index (χ3v) is 4.63. The molecule has 144 valence electrons. The van der Waals surface area contributed by atoms with Crippen molar-refractivity contribution in [3.63, 3.8) is 0 Å². The molecule has 0 saturated heterocycles. The van der Waals surface area contributed by atoms with E-state index in [4.69, 9.17) is 4.74 Å². The zero-order chi connectivity index (χ0) is 20.1. The molecule has 3 rings (SSSR count). The second-order valence-corrected chi connectivity index (χ2v) is 6.68. The minimum atomic E-state index is -1.45. The van der Waals surface area contributed by atoms with E-state index in [-0.39, 0.29) is 6.03 Å². The van der Waals surface area contributed by atoms with Gasteiger partial charge in [0.1, 0.15) is 11.4 Å². The van der Waals surface area contributed by atoms with E-state index in [9.17, 15) is 9.90 Å². The maximum absolute atomic E-state index is 12.1. The summed E-state index contributed by atoms with van der Waals surface area (Å²) >= 11 is 0. The van der Waals surface area contributed by atoms with Crippen molar-refractivity contribution < 1.29 is 14.6 Å². The van der Waals surface area contributed by atoms with Gasteiger partial charge in [-0.2, -0.15) is 0 Å². The Morgan fingerprint density at radius 3 is 1.93 bits per heavy atom. The predicted molar refractivity (Wildman–Crippen MR) is 111 cm³/mol. The van der Waals surface area contributed by atoms with Gasteiger partial charge >= 0.3 is 6.03 Å². The molecule has 3 aromatic carbocycles. The van der Waals surface area contributed by atoms with Crippen molar-refractivity contribution in [2.75, 3.05) is 26.5 Å². The van der Waals surface area contributed by atoms with Crippen molar-refractivity contribution in [3.05, 3.63) is 95.6 Å². The highest BCUT2D eigenvalue weighted by atomic mass is 16.5. The Kier molecular flexibility index (Phi) is 5.66. The van der Waals surface area contributed by atoms with Crippen LogP contribution in [-0.4, -0.2) is 37.2 Å². The fourth-order valence-electron chi connectivity index (χ4n) is 3.14. The van der Waals surface area contributed by atoms with Crippen LogP contribution in [0.5, 0.6) is 5.75 Å². The number of amides is 2. The van der Waals surface area contributed by atoms with E-state index in [1.807, 2.05) is 60.7 Å². The molecule has 0 aromatic heterocycles. The number of rotatable bonds is 5. The zero-order valence-electron chi connectivity index (χ0n) is 16.2. The molecule has 0 heterocycles. The van der Waals surface area contributed by atoms with Gasteiger partial charge in [0.25, 0.3) is 0 Å². The number of hydrogen-bond donors (Lipinski definition) is 2. The summed E-state index contributed by atoms with van der Waals surface area (Å²) in [6.07, 6.45) is 0. The van der Waals surface area contributed by atoms with E-state index < -0.39 is 5.60 Å². The molecular formula is C23H24N2O3. The summed E-state index contributed by atoms with van der Waals surface area (Å²) in [6.45, 7) is 0. The number of urea groups is 1. The number of anilines is 1. The molecule has 0 bridgehead atoms. The first-order valence-corrected chi connectivity index (χ1v) is 8.97. The smallest absolute Gasteiger partial charge is 0.321 e. The minimum absolute atomic E-state index is 0.251. The Bertz CT molecular complexity index is 901. The number of carbonyl (C=O) groups is 1. The summed E-state index contributed by atoms with van der Waals surface area (Å²) < 4.78 is 5.56. The van der Waals surface area contributed by atoms with Gasteiger partial charge in [0.15, 0.2) is 0 Å². The van der Waals surface area contributed by atoms with E-state index >= 15 is 0 Å². The molecular weight excluding hydrogens is 352 g/mol. The lowest BCUT2D eigenvalue weighted by atomic mass is 9.80. The molecule has 0 unspecified atom stereocenters. The summed E-state index contributed by atoms with van der Waals surface area (Å²) in [5.41, 5.74) is 1.07. The molecule has 2 N–H and O–H groups in total.